The molecule has 0 heterocycles. The predicted molar refractivity (Wildman–Crippen MR) is 63.9 cm³/mol. The van der Waals surface area contributed by atoms with Crippen LogP contribution in [0.2, 0.25) is 0 Å². The van der Waals surface area contributed by atoms with E-state index < -0.39 is 29.2 Å². The van der Waals surface area contributed by atoms with Crippen LogP contribution < -0.4 is 5.32 Å². The van der Waals surface area contributed by atoms with Crippen LogP contribution in [-0.4, -0.2) is 5.91 Å². The third-order valence-electron chi connectivity index (χ3n) is 2.62. The zero-order chi connectivity index (χ0) is 14.7. The van der Waals surface area contributed by atoms with Gasteiger partial charge in [-0.1, -0.05) is 6.07 Å². The van der Waals surface area contributed by atoms with E-state index >= 15 is 0 Å². The van der Waals surface area contributed by atoms with Crippen molar-refractivity contribution in [3.05, 3.63) is 70.8 Å². The van der Waals surface area contributed by atoms with Gasteiger partial charge in [0, 0.05) is 12.1 Å². The molecular formula is C14H9F4NO. The summed E-state index contributed by atoms with van der Waals surface area (Å²) in [7, 11) is 0. The van der Waals surface area contributed by atoms with E-state index in [9.17, 15) is 22.4 Å². The molecule has 1 amide bonds. The number of rotatable bonds is 3. The molecule has 2 aromatic rings. The normalized spacial score (nSPS) is 10.4. The first-order valence-corrected chi connectivity index (χ1v) is 5.64. The predicted octanol–water partition coefficient (Wildman–Crippen LogP) is 3.17. The molecule has 0 bridgehead atoms. The molecule has 0 unspecified atom stereocenters. The summed E-state index contributed by atoms with van der Waals surface area (Å²) in [6.45, 7) is -0.0605. The number of carbonyl (C=O) groups is 1. The standard InChI is InChI=1S/C14H9F4NO/c15-10-3-1-8(5-12(10)17)7-19-14(20)9-2-4-11(16)13(18)6-9/h1-6H,7H2,(H,19,20). The summed E-state index contributed by atoms with van der Waals surface area (Å²) in [6, 6.07) is 5.91. The maximum Gasteiger partial charge on any atom is 0.251 e. The molecular weight excluding hydrogens is 274 g/mol. The number of halogens is 4. The lowest BCUT2D eigenvalue weighted by Gasteiger charge is -2.06. The van der Waals surface area contributed by atoms with E-state index in [1.165, 1.54) is 6.07 Å². The Morgan fingerprint density at radius 1 is 0.850 bits per heavy atom. The van der Waals surface area contributed by atoms with Crippen LogP contribution in [0, 0.1) is 23.3 Å². The van der Waals surface area contributed by atoms with Crippen LogP contribution in [-0.2, 0) is 6.54 Å². The Labute approximate surface area is 112 Å². The molecule has 0 radical (unpaired) electrons. The van der Waals surface area contributed by atoms with Crippen LogP contribution in [0.1, 0.15) is 15.9 Å². The molecule has 1 N–H and O–H groups in total. The minimum absolute atomic E-state index is 0.0605. The summed E-state index contributed by atoms with van der Waals surface area (Å²) >= 11 is 0. The Balaban J connectivity index is 2.04. The van der Waals surface area contributed by atoms with E-state index in [0.29, 0.717) is 5.56 Å². The molecule has 0 aliphatic carbocycles. The van der Waals surface area contributed by atoms with Crippen molar-refractivity contribution in [3.8, 4) is 0 Å². The highest BCUT2D eigenvalue weighted by Crippen LogP contribution is 2.10. The molecule has 0 saturated heterocycles. The van der Waals surface area contributed by atoms with Crippen molar-refractivity contribution in [1.82, 2.24) is 5.32 Å². The molecule has 2 nitrogen and oxygen atoms in total. The second-order valence-corrected chi connectivity index (χ2v) is 4.06. The number of carbonyl (C=O) groups excluding carboxylic acids is 1. The molecule has 0 saturated carbocycles. The minimum atomic E-state index is -1.13. The zero-order valence-corrected chi connectivity index (χ0v) is 10.1. The van der Waals surface area contributed by atoms with Gasteiger partial charge in [0.15, 0.2) is 23.3 Å². The highest BCUT2D eigenvalue weighted by Gasteiger charge is 2.10. The van der Waals surface area contributed by atoms with Gasteiger partial charge >= 0.3 is 0 Å². The molecule has 0 aliphatic heterocycles. The van der Waals surface area contributed by atoms with E-state index in [2.05, 4.69) is 5.32 Å². The smallest absolute Gasteiger partial charge is 0.251 e. The fourth-order valence-corrected chi connectivity index (χ4v) is 1.57. The number of amides is 1. The van der Waals surface area contributed by atoms with E-state index in [1.54, 1.807) is 0 Å². The highest BCUT2D eigenvalue weighted by molar-refractivity contribution is 5.94. The van der Waals surface area contributed by atoms with Gasteiger partial charge in [-0.3, -0.25) is 4.79 Å². The van der Waals surface area contributed by atoms with Crippen LogP contribution in [0.5, 0.6) is 0 Å². The van der Waals surface area contributed by atoms with E-state index in [-0.39, 0.29) is 12.1 Å². The average Bonchev–Trinajstić information content (AvgIpc) is 2.43. The van der Waals surface area contributed by atoms with Gasteiger partial charge in [0.05, 0.1) is 0 Å². The SMILES string of the molecule is O=C(NCc1ccc(F)c(F)c1)c1ccc(F)c(F)c1. The quantitative estimate of drug-likeness (QED) is 0.861. The fraction of sp³-hybridized carbons (Fsp3) is 0.0714. The van der Waals surface area contributed by atoms with Crippen molar-refractivity contribution in [2.24, 2.45) is 0 Å². The minimum Gasteiger partial charge on any atom is -0.348 e. The number of nitrogens with one attached hydrogen (secondary N) is 1. The molecule has 2 rings (SSSR count). The van der Waals surface area contributed by atoms with Crippen LogP contribution >= 0.6 is 0 Å². The van der Waals surface area contributed by atoms with Gasteiger partial charge < -0.3 is 5.32 Å². The lowest BCUT2D eigenvalue weighted by atomic mass is 10.2. The Morgan fingerprint density at radius 2 is 1.45 bits per heavy atom. The van der Waals surface area contributed by atoms with Crippen molar-refractivity contribution < 1.29 is 22.4 Å². The first-order chi connectivity index (χ1) is 9.47. The fourth-order valence-electron chi connectivity index (χ4n) is 1.57. The number of hydrogen-bond acceptors (Lipinski definition) is 1. The number of hydrogen-bond donors (Lipinski definition) is 1. The largest absolute Gasteiger partial charge is 0.348 e. The van der Waals surface area contributed by atoms with E-state index in [0.717, 1.165) is 30.3 Å². The second-order valence-electron chi connectivity index (χ2n) is 4.06. The molecule has 0 spiro atoms. The van der Waals surface area contributed by atoms with Gasteiger partial charge in [-0.25, -0.2) is 17.6 Å². The molecule has 104 valence electrons. The molecule has 0 aliphatic rings. The van der Waals surface area contributed by atoms with Gasteiger partial charge in [-0.2, -0.15) is 0 Å². The Hall–Kier alpha value is -2.37. The van der Waals surface area contributed by atoms with Crippen LogP contribution in [0.4, 0.5) is 17.6 Å². The molecule has 0 atom stereocenters. The molecule has 2 aromatic carbocycles. The third-order valence-corrected chi connectivity index (χ3v) is 2.62. The molecule has 20 heavy (non-hydrogen) atoms. The van der Waals surface area contributed by atoms with Gasteiger partial charge in [-0.15, -0.1) is 0 Å². The van der Waals surface area contributed by atoms with Gasteiger partial charge in [-0.05, 0) is 35.9 Å². The van der Waals surface area contributed by atoms with E-state index in [4.69, 9.17) is 0 Å². The number of benzene rings is 2. The summed E-state index contributed by atoms with van der Waals surface area (Å²) in [5, 5.41) is 2.39. The van der Waals surface area contributed by atoms with Gasteiger partial charge in [0.1, 0.15) is 0 Å². The first kappa shape index (κ1) is 14.0. The molecule has 0 aromatic heterocycles. The molecule has 0 fully saturated rings. The monoisotopic (exact) mass is 283 g/mol. The maximum absolute atomic E-state index is 13.0. The van der Waals surface area contributed by atoms with Gasteiger partial charge in [0.25, 0.3) is 5.91 Å². The van der Waals surface area contributed by atoms with Crippen LogP contribution in [0.3, 0.4) is 0 Å². The van der Waals surface area contributed by atoms with Crippen molar-refractivity contribution >= 4 is 5.91 Å². The Kier molecular flexibility index (Phi) is 4.02. The van der Waals surface area contributed by atoms with Crippen molar-refractivity contribution in [2.45, 2.75) is 6.54 Å². The summed E-state index contributed by atoms with van der Waals surface area (Å²) in [5.41, 5.74) is 0.284. The lowest BCUT2D eigenvalue weighted by molar-refractivity contribution is 0.0950. The highest BCUT2D eigenvalue weighted by atomic mass is 19.2. The summed E-state index contributed by atoms with van der Waals surface area (Å²) < 4.78 is 51.3. The summed E-state index contributed by atoms with van der Waals surface area (Å²) in [5.74, 6) is -4.84. The van der Waals surface area contributed by atoms with Crippen LogP contribution in [0.15, 0.2) is 36.4 Å². The summed E-state index contributed by atoms with van der Waals surface area (Å²) in [6.07, 6.45) is 0. The van der Waals surface area contributed by atoms with Gasteiger partial charge in [0.2, 0.25) is 0 Å². The average molecular weight is 283 g/mol. The Bertz CT molecular complexity index is 658. The summed E-state index contributed by atoms with van der Waals surface area (Å²) in [4.78, 5) is 11.7. The lowest BCUT2D eigenvalue weighted by Crippen LogP contribution is -2.23. The van der Waals surface area contributed by atoms with Crippen LogP contribution in [0.25, 0.3) is 0 Å². The first-order valence-electron chi connectivity index (χ1n) is 5.64. The van der Waals surface area contributed by atoms with Crippen molar-refractivity contribution in [1.29, 1.82) is 0 Å². The topological polar surface area (TPSA) is 29.1 Å². The third kappa shape index (κ3) is 3.14. The Morgan fingerprint density at radius 3 is 2.05 bits per heavy atom. The second kappa shape index (κ2) is 5.73. The maximum atomic E-state index is 13.0. The van der Waals surface area contributed by atoms with Crippen molar-refractivity contribution in [3.63, 3.8) is 0 Å². The van der Waals surface area contributed by atoms with E-state index in [1.807, 2.05) is 0 Å². The zero-order valence-electron chi connectivity index (χ0n) is 10.1. The molecule has 6 heteroatoms. The van der Waals surface area contributed by atoms with Crippen molar-refractivity contribution in [2.75, 3.05) is 0 Å².